The Balaban J connectivity index is 1.86. The molecule has 0 spiro atoms. The highest BCUT2D eigenvalue weighted by Gasteiger charge is 2.41. The number of piperidine rings is 1. The summed E-state index contributed by atoms with van der Waals surface area (Å²) in [7, 11) is 1.97. The van der Waals surface area contributed by atoms with E-state index < -0.39 is 18.4 Å². The lowest BCUT2D eigenvalue weighted by atomic mass is 10.1. The minimum atomic E-state index is -3.58. The molecule has 1 aromatic rings. The van der Waals surface area contributed by atoms with Crippen molar-refractivity contribution in [3.8, 4) is 5.88 Å². The minimum absolute atomic E-state index is 0.120. The van der Waals surface area contributed by atoms with E-state index >= 15 is 0 Å². The molecule has 2 rings (SSSR count). The van der Waals surface area contributed by atoms with Crippen LogP contribution in [-0.4, -0.2) is 54.5 Å². The summed E-state index contributed by atoms with van der Waals surface area (Å²) in [5, 5.41) is 2.41. The van der Waals surface area contributed by atoms with Crippen molar-refractivity contribution in [3.05, 3.63) is 23.9 Å². The lowest BCUT2D eigenvalue weighted by Crippen LogP contribution is -2.51. The summed E-state index contributed by atoms with van der Waals surface area (Å²) < 4.78 is 32.8. The number of likely N-dealkylation sites (tertiary alicyclic amines) is 1. The van der Waals surface area contributed by atoms with Gasteiger partial charge in [0.1, 0.15) is 0 Å². The average Bonchev–Trinajstić information content (AvgIpc) is 2.49. The van der Waals surface area contributed by atoms with Gasteiger partial charge in [-0.2, -0.15) is 8.78 Å². The Kier molecular flexibility index (Phi) is 5.28. The Hall–Kier alpha value is -1.76. The van der Waals surface area contributed by atoms with Gasteiger partial charge in [0.05, 0.1) is 0 Å². The SMILES string of the molecule is Cc1cccnc1OCC(F)(F)C(=O)NC1CCN(C)CC1. The topological polar surface area (TPSA) is 54.5 Å². The molecule has 7 heteroatoms. The Labute approximate surface area is 128 Å². The van der Waals surface area contributed by atoms with Crippen molar-refractivity contribution in [1.82, 2.24) is 15.2 Å². The van der Waals surface area contributed by atoms with Gasteiger partial charge in [0, 0.05) is 17.8 Å². The van der Waals surface area contributed by atoms with Gasteiger partial charge in [-0.25, -0.2) is 4.98 Å². The van der Waals surface area contributed by atoms with E-state index in [1.54, 1.807) is 19.1 Å². The van der Waals surface area contributed by atoms with E-state index in [2.05, 4.69) is 15.2 Å². The molecule has 0 aliphatic carbocycles. The maximum atomic E-state index is 13.9. The first-order valence-corrected chi connectivity index (χ1v) is 7.30. The van der Waals surface area contributed by atoms with Crippen LogP contribution in [0.5, 0.6) is 5.88 Å². The summed E-state index contributed by atoms with van der Waals surface area (Å²) in [5.41, 5.74) is 0.647. The molecule has 1 aliphatic heterocycles. The molecule has 0 saturated carbocycles. The van der Waals surface area contributed by atoms with Crippen LogP contribution in [0.1, 0.15) is 18.4 Å². The molecule has 1 aliphatic rings. The van der Waals surface area contributed by atoms with Crippen LogP contribution in [0.15, 0.2) is 18.3 Å². The summed E-state index contributed by atoms with van der Waals surface area (Å²) in [6.45, 7) is 2.28. The average molecular weight is 313 g/mol. The van der Waals surface area contributed by atoms with Crippen molar-refractivity contribution in [2.75, 3.05) is 26.7 Å². The largest absolute Gasteiger partial charge is 0.470 e. The molecule has 0 aromatic carbocycles. The van der Waals surface area contributed by atoms with Gasteiger partial charge in [-0.15, -0.1) is 0 Å². The molecule has 0 radical (unpaired) electrons. The first kappa shape index (κ1) is 16.6. The number of ether oxygens (including phenoxy) is 1. The predicted octanol–water partition coefficient (Wildman–Crippen LogP) is 1.61. The molecular formula is C15H21F2N3O2. The zero-order valence-corrected chi connectivity index (χ0v) is 12.8. The van der Waals surface area contributed by atoms with Gasteiger partial charge in [0.2, 0.25) is 5.88 Å². The molecule has 0 atom stereocenters. The lowest BCUT2D eigenvalue weighted by Gasteiger charge is -2.30. The van der Waals surface area contributed by atoms with E-state index in [0.29, 0.717) is 18.4 Å². The Morgan fingerprint density at radius 2 is 2.18 bits per heavy atom. The van der Waals surface area contributed by atoms with Gasteiger partial charge in [0.15, 0.2) is 6.61 Å². The molecule has 1 fully saturated rings. The van der Waals surface area contributed by atoms with Crippen LogP contribution in [-0.2, 0) is 4.79 Å². The van der Waals surface area contributed by atoms with Gasteiger partial charge in [-0.1, -0.05) is 6.07 Å². The molecule has 122 valence electrons. The normalized spacial score (nSPS) is 17.3. The smallest absolute Gasteiger partial charge is 0.357 e. The van der Waals surface area contributed by atoms with Gasteiger partial charge in [-0.05, 0) is 46.0 Å². The molecule has 1 N–H and O–H groups in total. The number of hydrogen-bond acceptors (Lipinski definition) is 4. The fourth-order valence-electron chi connectivity index (χ4n) is 2.29. The van der Waals surface area contributed by atoms with Crippen molar-refractivity contribution >= 4 is 5.91 Å². The van der Waals surface area contributed by atoms with Crippen molar-refractivity contribution in [2.45, 2.75) is 31.7 Å². The van der Waals surface area contributed by atoms with Gasteiger partial charge in [-0.3, -0.25) is 4.79 Å². The molecule has 2 heterocycles. The number of halogens is 2. The first-order valence-electron chi connectivity index (χ1n) is 7.30. The zero-order valence-electron chi connectivity index (χ0n) is 12.8. The minimum Gasteiger partial charge on any atom is -0.470 e. The molecular weight excluding hydrogens is 292 g/mol. The molecule has 1 amide bonds. The molecule has 22 heavy (non-hydrogen) atoms. The van der Waals surface area contributed by atoms with Crippen LogP contribution in [0.4, 0.5) is 8.78 Å². The third-order valence-corrected chi connectivity index (χ3v) is 3.74. The number of carbonyl (C=O) groups excluding carboxylic acids is 1. The van der Waals surface area contributed by atoms with E-state index in [0.717, 1.165) is 13.1 Å². The van der Waals surface area contributed by atoms with Crippen LogP contribution < -0.4 is 10.1 Å². The highest BCUT2D eigenvalue weighted by molar-refractivity contribution is 5.83. The zero-order chi connectivity index (χ0) is 16.2. The van der Waals surface area contributed by atoms with E-state index in [-0.39, 0.29) is 11.9 Å². The number of carbonyl (C=O) groups is 1. The summed E-state index contributed by atoms with van der Waals surface area (Å²) in [4.78, 5) is 17.7. The summed E-state index contributed by atoms with van der Waals surface area (Å²) in [6.07, 6.45) is 2.82. The van der Waals surface area contributed by atoms with E-state index in [1.165, 1.54) is 6.20 Å². The lowest BCUT2D eigenvalue weighted by molar-refractivity contribution is -0.151. The fourth-order valence-corrected chi connectivity index (χ4v) is 2.29. The number of aryl methyl sites for hydroxylation is 1. The maximum absolute atomic E-state index is 13.9. The van der Waals surface area contributed by atoms with Crippen LogP contribution in [0.3, 0.4) is 0 Å². The summed E-state index contributed by atoms with van der Waals surface area (Å²) in [5.74, 6) is -4.74. The van der Waals surface area contributed by atoms with Crippen LogP contribution in [0.2, 0.25) is 0 Å². The predicted molar refractivity (Wildman–Crippen MR) is 78.1 cm³/mol. The van der Waals surface area contributed by atoms with Crippen LogP contribution in [0, 0.1) is 6.92 Å². The van der Waals surface area contributed by atoms with Crippen molar-refractivity contribution in [3.63, 3.8) is 0 Å². The molecule has 0 unspecified atom stereocenters. The first-order chi connectivity index (χ1) is 10.4. The number of nitrogens with zero attached hydrogens (tertiary/aromatic N) is 2. The monoisotopic (exact) mass is 313 g/mol. The Morgan fingerprint density at radius 3 is 2.82 bits per heavy atom. The third kappa shape index (κ3) is 4.37. The van der Waals surface area contributed by atoms with Gasteiger partial charge >= 0.3 is 5.92 Å². The molecule has 1 aromatic heterocycles. The fraction of sp³-hybridized carbons (Fsp3) is 0.600. The van der Waals surface area contributed by atoms with E-state index in [9.17, 15) is 13.6 Å². The highest BCUT2D eigenvalue weighted by atomic mass is 19.3. The molecule has 0 bridgehead atoms. The third-order valence-electron chi connectivity index (χ3n) is 3.74. The second kappa shape index (κ2) is 7.00. The number of alkyl halides is 2. The van der Waals surface area contributed by atoms with E-state index in [4.69, 9.17) is 4.74 Å². The number of amides is 1. The van der Waals surface area contributed by atoms with Crippen LogP contribution >= 0.6 is 0 Å². The molecule has 5 nitrogen and oxygen atoms in total. The summed E-state index contributed by atoms with van der Waals surface area (Å²) in [6, 6.07) is 3.19. The molecule has 1 saturated heterocycles. The Bertz CT molecular complexity index is 517. The van der Waals surface area contributed by atoms with Gasteiger partial charge < -0.3 is 15.0 Å². The Morgan fingerprint density at radius 1 is 1.50 bits per heavy atom. The number of hydrogen-bond donors (Lipinski definition) is 1. The maximum Gasteiger partial charge on any atom is 0.357 e. The number of pyridine rings is 1. The van der Waals surface area contributed by atoms with Crippen LogP contribution in [0.25, 0.3) is 0 Å². The quantitative estimate of drug-likeness (QED) is 0.897. The van der Waals surface area contributed by atoms with Crippen molar-refractivity contribution in [2.24, 2.45) is 0 Å². The number of nitrogens with one attached hydrogen (secondary N) is 1. The van der Waals surface area contributed by atoms with Crippen molar-refractivity contribution in [1.29, 1.82) is 0 Å². The summed E-state index contributed by atoms with van der Waals surface area (Å²) >= 11 is 0. The van der Waals surface area contributed by atoms with Gasteiger partial charge in [0.25, 0.3) is 5.91 Å². The standard InChI is InChI=1S/C15H21F2N3O2/c1-11-4-3-7-18-13(11)22-10-15(16,17)14(21)19-12-5-8-20(2)9-6-12/h3-4,7,12H,5-6,8-10H2,1-2H3,(H,19,21). The van der Waals surface area contributed by atoms with E-state index in [1.807, 2.05) is 7.05 Å². The van der Waals surface area contributed by atoms with Crippen molar-refractivity contribution < 1.29 is 18.3 Å². The number of rotatable bonds is 5. The second-order valence-corrected chi connectivity index (χ2v) is 5.67. The number of aromatic nitrogens is 1. The highest BCUT2D eigenvalue weighted by Crippen LogP contribution is 2.19. The second-order valence-electron chi connectivity index (χ2n) is 5.67.